The summed E-state index contributed by atoms with van der Waals surface area (Å²) in [6.07, 6.45) is 4.52. The van der Waals surface area contributed by atoms with Crippen molar-refractivity contribution in [3.05, 3.63) is 11.7 Å². The number of aromatic nitrogens is 2. The number of aryl methyl sites for hydroxylation is 1. The van der Waals surface area contributed by atoms with E-state index in [1.807, 2.05) is 6.92 Å². The molecule has 1 aliphatic heterocycles. The fourth-order valence-corrected chi connectivity index (χ4v) is 1.82. The number of hydrogen-bond acceptors (Lipinski definition) is 4. The molecule has 1 aliphatic rings. The molecule has 78 valence electrons. The molecule has 1 unspecified atom stereocenters. The van der Waals surface area contributed by atoms with Crippen molar-refractivity contribution in [3.63, 3.8) is 0 Å². The molecule has 2 heterocycles. The van der Waals surface area contributed by atoms with Crippen molar-refractivity contribution < 1.29 is 4.52 Å². The topological polar surface area (TPSA) is 51.0 Å². The first-order valence-electron chi connectivity index (χ1n) is 5.43. The molecule has 14 heavy (non-hydrogen) atoms. The van der Waals surface area contributed by atoms with Gasteiger partial charge in [-0.05, 0) is 19.4 Å². The molecular weight excluding hydrogens is 178 g/mol. The van der Waals surface area contributed by atoms with Crippen LogP contribution in [0.4, 0.5) is 0 Å². The van der Waals surface area contributed by atoms with Crippen LogP contribution in [0.3, 0.4) is 0 Å². The summed E-state index contributed by atoms with van der Waals surface area (Å²) in [7, 11) is 0. The van der Waals surface area contributed by atoms with Gasteiger partial charge in [0.25, 0.3) is 0 Å². The molecule has 0 saturated carbocycles. The second-order valence-corrected chi connectivity index (χ2v) is 3.80. The maximum absolute atomic E-state index is 5.12. The smallest absolute Gasteiger partial charge is 0.226 e. The summed E-state index contributed by atoms with van der Waals surface area (Å²) in [4.78, 5) is 4.38. The van der Waals surface area contributed by atoms with E-state index in [-0.39, 0.29) is 0 Å². The van der Waals surface area contributed by atoms with Gasteiger partial charge in [-0.15, -0.1) is 0 Å². The lowest BCUT2D eigenvalue weighted by Gasteiger charge is -2.07. The minimum absolute atomic E-state index is 0.446. The van der Waals surface area contributed by atoms with Gasteiger partial charge in [0.1, 0.15) is 0 Å². The second-order valence-electron chi connectivity index (χ2n) is 3.80. The van der Waals surface area contributed by atoms with Crippen molar-refractivity contribution >= 4 is 0 Å². The van der Waals surface area contributed by atoms with Crippen molar-refractivity contribution in [3.8, 4) is 0 Å². The van der Waals surface area contributed by atoms with E-state index >= 15 is 0 Å². The summed E-state index contributed by atoms with van der Waals surface area (Å²) >= 11 is 0. The fraction of sp³-hybridized carbons (Fsp3) is 0.800. The Bertz CT molecular complexity index is 277. The second kappa shape index (κ2) is 4.55. The Hall–Kier alpha value is -0.900. The van der Waals surface area contributed by atoms with E-state index in [2.05, 4.69) is 15.5 Å². The largest absolute Gasteiger partial charge is 0.339 e. The molecule has 0 spiro atoms. The molecular formula is C10H17N3O. The average Bonchev–Trinajstić information content (AvgIpc) is 2.53. The Morgan fingerprint density at radius 3 is 3.21 bits per heavy atom. The van der Waals surface area contributed by atoms with Gasteiger partial charge in [-0.2, -0.15) is 4.98 Å². The Labute approximate surface area is 84.1 Å². The van der Waals surface area contributed by atoms with Gasteiger partial charge in [-0.1, -0.05) is 18.5 Å². The third-order valence-electron chi connectivity index (χ3n) is 2.70. The molecule has 1 aromatic rings. The zero-order valence-corrected chi connectivity index (χ0v) is 8.62. The number of hydrogen-bond donors (Lipinski definition) is 1. The molecule has 0 amide bonds. The Morgan fingerprint density at radius 2 is 2.43 bits per heavy atom. The SMILES string of the molecule is CCc1nc(C2CCCCNC2)no1. The van der Waals surface area contributed by atoms with Gasteiger partial charge >= 0.3 is 0 Å². The van der Waals surface area contributed by atoms with Crippen LogP contribution in [0, 0.1) is 0 Å². The van der Waals surface area contributed by atoms with E-state index in [1.165, 1.54) is 19.3 Å². The molecule has 4 heteroatoms. The van der Waals surface area contributed by atoms with Crippen molar-refractivity contribution in [2.24, 2.45) is 0 Å². The minimum atomic E-state index is 0.446. The van der Waals surface area contributed by atoms with Crippen molar-refractivity contribution in [2.75, 3.05) is 13.1 Å². The summed E-state index contributed by atoms with van der Waals surface area (Å²) in [5.74, 6) is 2.09. The quantitative estimate of drug-likeness (QED) is 0.776. The first kappa shape index (κ1) is 9.65. The molecule has 1 aromatic heterocycles. The Kier molecular flexibility index (Phi) is 3.14. The summed E-state index contributed by atoms with van der Waals surface area (Å²) in [6, 6.07) is 0. The average molecular weight is 195 g/mol. The lowest BCUT2D eigenvalue weighted by Crippen LogP contribution is -2.20. The lowest BCUT2D eigenvalue weighted by atomic mass is 10.0. The first-order chi connectivity index (χ1) is 6.90. The van der Waals surface area contributed by atoms with Crippen LogP contribution in [-0.2, 0) is 6.42 Å². The van der Waals surface area contributed by atoms with Gasteiger partial charge in [0.05, 0.1) is 0 Å². The predicted molar refractivity (Wildman–Crippen MR) is 53.1 cm³/mol. The molecule has 1 N–H and O–H groups in total. The summed E-state index contributed by atoms with van der Waals surface area (Å²) in [6.45, 7) is 4.14. The molecule has 4 nitrogen and oxygen atoms in total. The maximum Gasteiger partial charge on any atom is 0.226 e. The molecule has 1 fully saturated rings. The van der Waals surface area contributed by atoms with E-state index in [4.69, 9.17) is 4.52 Å². The molecule has 0 bridgehead atoms. The van der Waals surface area contributed by atoms with Crippen LogP contribution in [0.2, 0.25) is 0 Å². The van der Waals surface area contributed by atoms with E-state index < -0.39 is 0 Å². The molecule has 2 rings (SSSR count). The molecule has 0 aromatic carbocycles. The normalized spacial score (nSPS) is 23.4. The molecule has 0 radical (unpaired) electrons. The van der Waals surface area contributed by atoms with E-state index in [0.717, 1.165) is 31.2 Å². The minimum Gasteiger partial charge on any atom is -0.339 e. The van der Waals surface area contributed by atoms with E-state index in [9.17, 15) is 0 Å². The highest BCUT2D eigenvalue weighted by molar-refractivity contribution is 4.97. The van der Waals surface area contributed by atoms with Gasteiger partial charge < -0.3 is 9.84 Å². The molecule has 1 atom stereocenters. The van der Waals surface area contributed by atoms with Crippen LogP contribution >= 0.6 is 0 Å². The van der Waals surface area contributed by atoms with Crippen LogP contribution in [0.5, 0.6) is 0 Å². The summed E-state index contributed by atoms with van der Waals surface area (Å²) < 4.78 is 5.12. The fourth-order valence-electron chi connectivity index (χ4n) is 1.82. The van der Waals surface area contributed by atoms with Crippen molar-refractivity contribution in [2.45, 2.75) is 38.5 Å². The predicted octanol–water partition coefficient (Wildman–Crippen LogP) is 1.49. The molecule has 1 saturated heterocycles. The zero-order chi connectivity index (χ0) is 9.80. The van der Waals surface area contributed by atoms with E-state index in [1.54, 1.807) is 0 Å². The third kappa shape index (κ3) is 2.12. The van der Waals surface area contributed by atoms with Gasteiger partial charge in [-0.3, -0.25) is 0 Å². The van der Waals surface area contributed by atoms with Crippen LogP contribution in [-0.4, -0.2) is 23.2 Å². The highest BCUT2D eigenvalue weighted by atomic mass is 16.5. The standard InChI is InChI=1S/C10H17N3O/c1-2-9-12-10(13-14-9)8-5-3-4-6-11-7-8/h8,11H,2-7H2,1H3. The monoisotopic (exact) mass is 195 g/mol. The Morgan fingerprint density at radius 1 is 1.50 bits per heavy atom. The van der Waals surface area contributed by atoms with Crippen LogP contribution < -0.4 is 5.32 Å². The third-order valence-corrected chi connectivity index (χ3v) is 2.70. The van der Waals surface area contributed by atoms with Crippen LogP contribution in [0.25, 0.3) is 0 Å². The number of rotatable bonds is 2. The zero-order valence-electron chi connectivity index (χ0n) is 8.62. The summed E-state index contributed by atoms with van der Waals surface area (Å²) in [5, 5.41) is 7.43. The highest BCUT2D eigenvalue weighted by Crippen LogP contribution is 2.20. The van der Waals surface area contributed by atoms with Crippen LogP contribution in [0.15, 0.2) is 4.52 Å². The van der Waals surface area contributed by atoms with Gasteiger partial charge in [0.2, 0.25) is 5.89 Å². The maximum atomic E-state index is 5.12. The van der Waals surface area contributed by atoms with Gasteiger partial charge in [0, 0.05) is 18.9 Å². The number of nitrogens with zero attached hydrogens (tertiary/aromatic N) is 2. The first-order valence-corrected chi connectivity index (χ1v) is 5.43. The number of nitrogens with one attached hydrogen (secondary N) is 1. The van der Waals surface area contributed by atoms with Crippen molar-refractivity contribution in [1.82, 2.24) is 15.5 Å². The molecule has 0 aliphatic carbocycles. The van der Waals surface area contributed by atoms with Gasteiger partial charge in [0.15, 0.2) is 5.82 Å². The lowest BCUT2D eigenvalue weighted by molar-refractivity contribution is 0.371. The van der Waals surface area contributed by atoms with Crippen LogP contribution in [0.1, 0.15) is 43.8 Å². The van der Waals surface area contributed by atoms with E-state index in [0.29, 0.717) is 5.92 Å². The summed E-state index contributed by atoms with van der Waals surface area (Å²) in [5.41, 5.74) is 0. The van der Waals surface area contributed by atoms with Gasteiger partial charge in [-0.25, -0.2) is 0 Å². The Balaban J connectivity index is 2.04. The highest BCUT2D eigenvalue weighted by Gasteiger charge is 2.19. The van der Waals surface area contributed by atoms with Crippen molar-refractivity contribution in [1.29, 1.82) is 0 Å².